The van der Waals surface area contributed by atoms with Gasteiger partial charge in [-0.1, -0.05) is 23.7 Å². The van der Waals surface area contributed by atoms with Crippen molar-refractivity contribution in [3.05, 3.63) is 40.5 Å². The molecule has 1 aromatic heterocycles. The molecule has 0 fully saturated rings. The molecule has 1 aliphatic rings. The quantitative estimate of drug-likeness (QED) is 0.736. The number of aryl methyl sites for hydroxylation is 1. The van der Waals surface area contributed by atoms with E-state index in [1.807, 2.05) is 18.2 Å². The van der Waals surface area contributed by atoms with Gasteiger partial charge in [0, 0.05) is 22.8 Å². The smallest absolute Gasteiger partial charge is 0.0955 e. The number of halogens is 1. The van der Waals surface area contributed by atoms with Crippen LogP contribution in [0, 0.1) is 6.92 Å². The van der Waals surface area contributed by atoms with Crippen LogP contribution in [0.4, 0.5) is 0 Å². The lowest BCUT2D eigenvalue weighted by Gasteiger charge is -2.00. The molecule has 0 atom stereocenters. The molecule has 1 aliphatic heterocycles. The van der Waals surface area contributed by atoms with E-state index in [-0.39, 0.29) is 0 Å². The Bertz CT molecular complexity index is 543. The Balaban J connectivity index is 2.14. The first-order valence-electron chi connectivity index (χ1n) is 5.58. The summed E-state index contributed by atoms with van der Waals surface area (Å²) in [5.74, 6) is 0. The second kappa shape index (κ2) is 3.63. The molecular weight excluding hydrogens is 220 g/mol. The maximum atomic E-state index is 6.01. The Hall–Kier alpha value is -1.28. The van der Waals surface area contributed by atoms with E-state index in [2.05, 4.69) is 22.8 Å². The highest BCUT2D eigenvalue weighted by atomic mass is 35.5. The van der Waals surface area contributed by atoms with Crippen LogP contribution in [-0.2, 0) is 13.0 Å². The molecule has 16 heavy (non-hydrogen) atoms. The number of nitrogens with zero attached hydrogens (tertiary/aromatic N) is 2. The van der Waals surface area contributed by atoms with Gasteiger partial charge in [0.25, 0.3) is 0 Å². The zero-order valence-corrected chi connectivity index (χ0v) is 9.96. The normalized spacial score (nSPS) is 14.1. The molecule has 3 heteroatoms. The first-order chi connectivity index (χ1) is 7.75. The van der Waals surface area contributed by atoms with Crippen LogP contribution in [0.25, 0.3) is 11.3 Å². The molecule has 3 rings (SSSR count). The monoisotopic (exact) mass is 232 g/mol. The fraction of sp³-hybridized carbons (Fsp3) is 0.308. The standard InChI is InChI=1S/C13H13ClN2/c1-9-12-6-3-7-16(12)15-13(9)10-4-2-5-11(14)8-10/h2,4-5,8H,3,6-7H2,1H3. The maximum Gasteiger partial charge on any atom is 0.0955 e. The van der Waals surface area contributed by atoms with Gasteiger partial charge in [0.1, 0.15) is 0 Å². The van der Waals surface area contributed by atoms with Crippen molar-refractivity contribution in [2.24, 2.45) is 0 Å². The van der Waals surface area contributed by atoms with E-state index in [9.17, 15) is 0 Å². The Morgan fingerprint density at radius 2 is 2.25 bits per heavy atom. The number of aromatic nitrogens is 2. The number of hydrogen-bond acceptors (Lipinski definition) is 1. The van der Waals surface area contributed by atoms with Crippen LogP contribution in [0.2, 0.25) is 5.02 Å². The Morgan fingerprint density at radius 3 is 3.00 bits per heavy atom. The van der Waals surface area contributed by atoms with Crippen LogP contribution in [0.15, 0.2) is 24.3 Å². The molecule has 0 radical (unpaired) electrons. The van der Waals surface area contributed by atoms with Gasteiger partial charge >= 0.3 is 0 Å². The summed E-state index contributed by atoms with van der Waals surface area (Å²) >= 11 is 6.01. The van der Waals surface area contributed by atoms with Crippen molar-refractivity contribution in [1.82, 2.24) is 9.78 Å². The summed E-state index contributed by atoms with van der Waals surface area (Å²) in [4.78, 5) is 0. The van der Waals surface area contributed by atoms with Gasteiger partial charge in [0.15, 0.2) is 0 Å². The van der Waals surface area contributed by atoms with Gasteiger partial charge in [-0.2, -0.15) is 5.10 Å². The second-order valence-electron chi connectivity index (χ2n) is 4.26. The molecule has 0 saturated heterocycles. The van der Waals surface area contributed by atoms with Crippen molar-refractivity contribution < 1.29 is 0 Å². The zero-order valence-electron chi connectivity index (χ0n) is 9.20. The van der Waals surface area contributed by atoms with Crippen molar-refractivity contribution in [2.75, 3.05) is 0 Å². The van der Waals surface area contributed by atoms with Crippen molar-refractivity contribution >= 4 is 11.6 Å². The van der Waals surface area contributed by atoms with Crippen LogP contribution in [-0.4, -0.2) is 9.78 Å². The maximum absolute atomic E-state index is 6.01. The van der Waals surface area contributed by atoms with Gasteiger partial charge in [-0.05, 0) is 37.5 Å². The first-order valence-corrected chi connectivity index (χ1v) is 5.96. The third kappa shape index (κ3) is 1.45. The summed E-state index contributed by atoms with van der Waals surface area (Å²) in [6.07, 6.45) is 2.37. The lowest BCUT2D eigenvalue weighted by Crippen LogP contribution is -1.94. The highest BCUT2D eigenvalue weighted by molar-refractivity contribution is 6.30. The summed E-state index contributed by atoms with van der Waals surface area (Å²) in [5, 5.41) is 5.43. The topological polar surface area (TPSA) is 17.8 Å². The molecular formula is C13H13ClN2. The van der Waals surface area contributed by atoms with Gasteiger partial charge in [-0.3, -0.25) is 4.68 Å². The zero-order chi connectivity index (χ0) is 11.1. The highest BCUT2D eigenvalue weighted by Gasteiger charge is 2.19. The minimum Gasteiger partial charge on any atom is -0.269 e. The molecule has 0 bridgehead atoms. The minimum absolute atomic E-state index is 0.769. The van der Waals surface area contributed by atoms with E-state index >= 15 is 0 Å². The molecule has 2 aromatic rings. The van der Waals surface area contributed by atoms with E-state index in [1.54, 1.807) is 0 Å². The van der Waals surface area contributed by atoms with Gasteiger partial charge in [-0.15, -0.1) is 0 Å². The first kappa shape index (κ1) is 9.91. The van der Waals surface area contributed by atoms with Gasteiger partial charge in [0.2, 0.25) is 0 Å². The molecule has 2 nitrogen and oxygen atoms in total. The summed E-state index contributed by atoms with van der Waals surface area (Å²) < 4.78 is 2.13. The van der Waals surface area contributed by atoms with Gasteiger partial charge in [-0.25, -0.2) is 0 Å². The lowest BCUT2D eigenvalue weighted by molar-refractivity contribution is 0.659. The van der Waals surface area contributed by atoms with E-state index in [0.29, 0.717) is 0 Å². The Labute approximate surface area is 99.9 Å². The van der Waals surface area contributed by atoms with Crippen LogP contribution >= 0.6 is 11.6 Å². The fourth-order valence-corrected chi connectivity index (χ4v) is 2.58. The predicted octanol–water partition coefficient (Wildman–Crippen LogP) is 3.46. The molecule has 0 spiro atoms. The van der Waals surface area contributed by atoms with Crippen molar-refractivity contribution in [3.63, 3.8) is 0 Å². The number of benzene rings is 1. The fourth-order valence-electron chi connectivity index (χ4n) is 2.39. The van der Waals surface area contributed by atoms with E-state index in [0.717, 1.165) is 29.2 Å². The number of hydrogen-bond donors (Lipinski definition) is 0. The minimum atomic E-state index is 0.769. The number of rotatable bonds is 1. The third-order valence-corrected chi connectivity index (χ3v) is 3.44. The molecule has 0 amide bonds. The summed E-state index contributed by atoms with van der Waals surface area (Å²) in [6.45, 7) is 3.21. The summed E-state index contributed by atoms with van der Waals surface area (Å²) in [5.41, 5.74) is 4.89. The van der Waals surface area contributed by atoms with Crippen LogP contribution in [0.3, 0.4) is 0 Å². The van der Waals surface area contributed by atoms with E-state index in [4.69, 9.17) is 11.6 Å². The summed E-state index contributed by atoms with van der Waals surface area (Å²) in [7, 11) is 0. The Kier molecular flexibility index (Phi) is 2.25. The van der Waals surface area contributed by atoms with Crippen molar-refractivity contribution in [2.45, 2.75) is 26.3 Å². The van der Waals surface area contributed by atoms with Crippen LogP contribution in [0.5, 0.6) is 0 Å². The molecule has 82 valence electrons. The Morgan fingerprint density at radius 1 is 1.38 bits per heavy atom. The summed E-state index contributed by atoms with van der Waals surface area (Å²) in [6, 6.07) is 7.91. The predicted molar refractivity (Wildman–Crippen MR) is 65.7 cm³/mol. The molecule has 2 heterocycles. The average Bonchev–Trinajstić information content (AvgIpc) is 2.82. The van der Waals surface area contributed by atoms with Gasteiger partial charge < -0.3 is 0 Å². The van der Waals surface area contributed by atoms with Crippen LogP contribution in [0.1, 0.15) is 17.7 Å². The second-order valence-corrected chi connectivity index (χ2v) is 4.69. The molecule has 0 N–H and O–H groups in total. The average molecular weight is 233 g/mol. The molecule has 0 unspecified atom stereocenters. The highest BCUT2D eigenvalue weighted by Crippen LogP contribution is 2.29. The van der Waals surface area contributed by atoms with Crippen molar-refractivity contribution in [3.8, 4) is 11.3 Å². The SMILES string of the molecule is Cc1c(-c2cccc(Cl)c2)nn2c1CCC2. The van der Waals surface area contributed by atoms with Gasteiger partial charge in [0.05, 0.1) is 5.69 Å². The third-order valence-electron chi connectivity index (χ3n) is 3.20. The van der Waals surface area contributed by atoms with Crippen LogP contribution < -0.4 is 0 Å². The number of fused-ring (bicyclic) bond motifs is 1. The molecule has 0 saturated carbocycles. The molecule has 0 aliphatic carbocycles. The van der Waals surface area contributed by atoms with E-state index < -0.39 is 0 Å². The molecule has 1 aromatic carbocycles. The lowest BCUT2D eigenvalue weighted by atomic mass is 10.1. The largest absolute Gasteiger partial charge is 0.269 e. The van der Waals surface area contributed by atoms with Crippen molar-refractivity contribution in [1.29, 1.82) is 0 Å². The van der Waals surface area contributed by atoms with E-state index in [1.165, 1.54) is 17.7 Å².